The van der Waals surface area contributed by atoms with E-state index in [1.807, 2.05) is 103 Å². The lowest BCUT2D eigenvalue weighted by Crippen LogP contribution is -2.10. The first-order valence-corrected chi connectivity index (χ1v) is 20.7. The van der Waals surface area contributed by atoms with E-state index in [9.17, 15) is 15.2 Å². The van der Waals surface area contributed by atoms with Crippen LogP contribution in [0.15, 0.2) is 133 Å². The van der Waals surface area contributed by atoms with Gasteiger partial charge in [-0.25, -0.2) is 9.78 Å². The van der Waals surface area contributed by atoms with Gasteiger partial charge in [-0.15, -0.1) is 11.3 Å². The third kappa shape index (κ3) is 11.2. The van der Waals surface area contributed by atoms with E-state index in [1.165, 1.54) is 31.8 Å². The molecule has 0 saturated heterocycles. The van der Waals surface area contributed by atoms with Gasteiger partial charge in [0.1, 0.15) is 28.1 Å². The number of allylic oxidation sites excluding steroid dienone is 2. The zero-order valence-electron chi connectivity index (χ0n) is 32.7. The molecule has 0 atom stereocenters. The number of carboxylic acids is 1. The lowest BCUT2D eigenvalue weighted by atomic mass is 9.99. The number of fused-ring (bicyclic) bond motifs is 1. The number of nitrogens with zero attached hydrogens (tertiary/aromatic N) is 3. The van der Waals surface area contributed by atoms with E-state index in [0.717, 1.165) is 86.2 Å². The van der Waals surface area contributed by atoms with Crippen molar-refractivity contribution in [2.75, 3.05) is 18.1 Å². The number of hydrogen-bond acceptors (Lipinski definition) is 7. The molecular weight excluding hydrogens is 727 g/mol. The number of hydrogen-bond donors (Lipinski definition) is 1. The number of benzene rings is 5. The minimum atomic E-state index is -1.28. The van der Waals surface area contributed by atoms with Gasteiger partial charge in [0, 0.05) is 22.6 Å². The Balaban J connectivity index is 1.29. The Hall–Kier alpha value is -6.17. The van der Waals surface area contributed by atoms with Gasteiger partial charge in [0.15, 0.2) is 0 Å². The summed E-state index contributed by atoms with van der Waals surface area (Å²) in [5.41, 5.74) is 6.65. The maximum Gasteiger partial charge on any atom is 0.346 e. The summed E-state index contributed by atoms with van der Waals surface area (Å²) < 4.78 is 13.2. The largest absolute Gasteiger partial charge is 0.494 e. The summed E-state index contributed by atoms with van der Waals surface area (Å²) in [4.78, 5) is 18.9. The predicted molar refractivity (Wildman–Crippen MR) is 235 cm³/mol. The fraction of sp³-hybridized carbons (Fsp3) is 0.245. The van der Waals surface area contributed by atoms with Crippen LogP contribution in [0.3, 0.4) is 0 Å². The molecule has 6 aromatic rings. The van der Waals surface area contributed by atoms with Crippen LogP contribution in [0.4, 0.5) is 17.1 Å². The zero-order chi connectivity index (χ0) is 39.8. The summed E-state index contributed by atoms with van der Waals surface area (Å²) in [5, 5.41) is 20.4. The van der Waals surface area contributed by atoms with Gasteiger partial charge >= 0.3 is 5.97 Å². The van der Waals surface area contributed by atoms with Crippen molar-refractivity contribution in [2.24, 2.45) is 0 Å². The molecular formula is C49H49N3O4S. The van der Waals surface area contributed by atoms with Crippen LogP contribution < -0.4 is 14.4 Å². The summed E-state index contributed by atoms with van der Waals surface area (Å²) >= 11 is 1.64. The maximum atomic E-state index is 12.0. The van der Waals surface area contributed by atoms with Gasteiger partial charge in [-0.1, -0.05) is 101 Å². The topological polar surface area (TPSA) is 95.7 Å². The Morgan fingerprint density at radius 1 is 0.719 bits per heavy atom. The third-order valence-electron chi connectivity index (χ3n) is 9.61. The lowest BCUT2D eigenvalue weighted by Gasteiger charge is -2.26. The number of anilines is 3. The van der Waals surface area contributed by atoms with E-state index in [1.54, 1.807) is 11.3 Å². The molecule has 0 amide bonds. The molecule has 0 aliphatic carbocycles. The normalized spacial score (nSPS) is 11.7. The highest BCUT2D eigenvalue weighted by atomic mass is 32.1. The highest BCUT2D eigenvalue weighted by Crippen LogP contribution is 2.37. The second-order valence-electron chi connectivity index (χ2n) is 13.9. The van der Waals surface area contributed by atoms with Crippen molar-refractivity contribution in [3.05, 3.63) is 144 Å². The number of rotatable bonds is 20. The summed E-state index contributed by atoms with van der Waals surface area (Å²) in [7, 11) is 0. The van der Waals surface area contributed by atoms with Crippen LogP contribution in [0.5, 0.6) is 11.5 Å². The van der Waals surface area contributed by atoms with Gasteiger partial charge < -0.3 is 19.5 Å². The molecule has 1 aromatic heterocycles. The summed E-state index contributed by atoms with van der Waals surface area (Å²) in [6, 6.07) is 42.1. The van der Waals surface area contributed by atoms with Crippen LogP contribution in [-0.4, -0.2) is 29.3 Å². The van der Waals surface area contributed by atoms with Crippen molar-refractivity contribution in [1.82, 2.24) is 4.98 Å². The standard InChI is InChI=1S/C49H49N3O4S/c1-3-5-7-11-31-55-44-27-23-42(24-28-44)52(43-25-29-45(30-26-43)56-32-12-8-6-4-2)41-21-19-37(20-22-41)39(34-40(35-50)49(53)54)33-36-15-17-38(18-16-36)48-51-46-13-9-10-14-47(46)57-48/h9-10,13-30,33-34H,3-8,11-12,31-32H2,1-2H3,(H,53,54)/b39-33+,40-34+. The quantitative estimate of drug-likeness (QED) is 0.0271. The van der Waals surface area contributed by atoms with E-state index in [-0.39, 0.29) is 5.57 Å². The Bertz CT molecular complexity index is 2210. The first-order chi connectivity index (χ1) is 27.9. The smallest absolute Gasteiger partial charge is 0.346 e. The first kappa shape index (κ1) is 40.5. The molecule has 5 aromatic carbocycles. The van der Waals surface area contributed by atoms with Crippen molar-refractivity contribution in [2.45, 2.75) is 65.2 Å². The molecule has 0 spiro atoms. The average molecular weight is 776 g/mol. The fourth-order valence-corrected chi connectivity index (χ4v) is 7.44. The number of aromatic nitrogens is 1. The van der Waals surface area contributed by atoms with Crippen molar-refractivity contribution < 1.29 is 19.4 Å². The van der Waals surface area contributed by atoms with E-state index in [4.69, 9.17) is 14.5 Å². The van der Waals surface area contributed by atoms with Crippen LogP contribution in [0.1, 0.15) is 76.3 Å². The maximum absolute atomic E-state index is 12.0. The van der Waals surface area contributed by atoms with E-state index < -0.39 is 5.97 Å². The van der Waals surface area contributed by atoms with E-state index >= 15 is 0 Å². The van der Waals surface area contributed by atoms with Crippen molar-refractivity contribution >= 4 is 56.2 Å². The van der Waals surface area contributed by atoms with Gasteiger partial charge in [-0.05, 0) is 114 Å². The third-order valence-corrected chi connectivity index (χ3v) is 10.7. The molecule has 8 heteroatoms. The van der Waals surface area contributed by atoms with Crippen LogP contribution in [0.25, 0.3) is 32.4 Å². The van der Waals surface area contributed by atoms with Gasteiger partial charge in [-0.3, -0.25) is 0 Å². The Morgan fingerprint density at radius 3 is 1.77 bits per heavy atom. The molecule has 57 heavy (non-hydrogen) atoms. The van der Waals surface area contributed by atoms with Crippen LogP contribution >= 0.6 is 11.3 Å². The number of aliphatic carboxylic acids is 1. The molecule has 6 rings (SSSR count). The van der Waals surface area contributed by atoms with Gasteiger partial charge in [0.05, 0.1) is 23.4 Å². The molecule has 290 valence electrons. The SMILES string of the molecule is CCCCCCOc1ccc(N(c2ccc(OCCCCCC)cc2)c2ccc(C(/C=C(\C#N)C(=O)O)=C/c3ccc(-c4nc5ccccc5s4)cc3)cc2)cc1. The number of para-hydroxylation sites is 1. The number of thiazole rings is 1. The number of ether oxygens (including phenoxy) is 2. The predicted octanol–water partition coefficient (Wildman–Crippen LogP) is 13.4. The molecule has 0 aliphatic heterocycles. The Labute approximate surface area is 340 Å². The number of nitriles is 1. The van der Waals surface area contributed by atoms with Gasteiger partial charge in [-0.2, -0.15) is 5.26 Å². The van der Waals surface area contributed by atoms with Crippen LogP contribution in [0, 0.1) is 11.3 Å². The monoisotopic (exact) mass is 775 g/mol. The van der Waals surface area contributed by atoms with Gasteiger partial charge in [0.2, 0.25) is 0 Å². The summed E-state index contributed by atoms with van der Waals surface area (Å²) in [6.07, 6.45) is 12.5. The van der Waals surface area contributed by atoms with Crippen molar-refractivity contribution in [3.63, 3.8) is 0 Å². The van der Waals surface area contributed by atoms with Crippen molar-refractivity contribution in [1.29, 1.82) is 5.26 Å². The molecule has 0 unspecified atom stereocenters. The number of unbranched alkanes of at least 4 members (excludes halogenated alkanes) is 6. The summed E-state index contributed by atoms with van der Waals surface area (Å²) in [6.45, 7) is 5.79. The van der Waals surface area contributed by atoms with Crippen LogP contribution in [0.2, 0.25) is 0 Å². The minimum Gasteiger partial charge on any atom is -0.494 e. The van der Waals surface area contributed by atoms with Crippen molar-refractivity contribution in [3.8, 4) is 28.1 Å². The van der Waals surface area contributed by atoms with E-state index in [2.05, 4.69) is 49.1 Å². The highest BCUT2D eigenvalue weighted by molar-refractivity contribution is 7.21. The fourth-order valence-electron chi connectivity index (χ4n) is 6.47. The number of carbonyl (C=O) groups is 1. The second-order valence-corrected chi connectivity index (χ2v) is 14.9. The molecule has 0 saturated carbocycles. The number of carboxylic acid groups (broad SMARTS) is 1. The zero-order valence-corrected chi connectivity index (χ0v) is 33.5. The molecule has 0 radical (unpaired) electrons. The highest BCUT2D eigenvalue weighted by Gasteiger charge is 2.15. The molecule has 1 N–H and O–H groups in total. The molecule has 0 fully saturated rings. The molecule has 0 aliphatic rings. The summed E-state index contributed by atoms with van der Waals surface area (Å²) in [5.74, 6) is 0.386. The van der Waals surface area contributed by atoms with Crippen LogP contribution in [-0.2, 0) is 4.79 Å². The Kier molecular flexibility index (Phi) is 14.7. The first-order valence-electron chi connectivity index (χ1n) is 19.8. The Morgan fingerprint density at radius 2 is 1.26 bits per heavy atom. The second kappa shape index (κ2) is 20.7. The van der Waals surface area contributed by atoms with E-state index in [0.29, 0.717) is 18.8 Å². The average Bonchev–Trinajstić information content (AvgIpc) is 3.68. The minimum absolute atomic E-state index is 0.349. The van der Waals surface area contributed by atoms with Gasteiger partial charge in [0.25, 0.3) is 0 Å². The molecule has 1 heterocycles. The molecule has 7 nitrogen and oxygen atoms in total. The molecule has 0 bridgehead atoms. The lowest BCUT2D eigenvalue weighted by molar-refractivity contribution is -0.132.